The third kappa shape index (κ3) is 3.67. The predicted octanol–water partition coefficient (Wildman–Crippen LogP) is 8.90. The maximum atomic E-state index is 15.2. The van der Waals surface area contributed by atoms with E-state index in [4.69, 9.17) is 0 Å². The van der Waals surface area contributed by atoms with Gasteiger partial charge in [0.05, 0.1) is 0 Å². The zero-order valence-electron chi connectivity index (χ0n) is 17.4. The Morgan fingerprint density at radius 2 is 0.750 bits per heavy atom. The molecule has 2 atom stereocenters. The summed E-state index contributed by atoms with van der Waals surface area (Å²) in [6, 6.07) is 0. The molecule has 0 radical (unpaired) electrons. The fraction of sp³-hybridized carbons (Fsp3) is 1.00. The molecule has 0 amide bonds. The Morgan fingerprint density at radius 1 is 0.417 bits per heavy atom. The maximum absolute atomic E-state index is 15.2. The van der Waals surface area contributed by atoms with Gasteiger partial charge in [0.15, 0.2) is 0 Å². The Labute approximate surface area is 190 Å². The van der Waals surface area contributed by atoms with Gasteiger partial charge in [-0.25, -0.2) is 0 Å². The molecule has 0 aliphatic heterocycles. The number of hydrogen-bond acceptors (Lipinski definition) is 0. The first kappa shape index (κ1) is 31.0. The van der Waals surface area contributed by atoms with Crippen molar-refractivity contribution in [3.63, 3.8) is 0 Å². The van der Waals surface area contributed by atoms with Gasteiger partial charge in [-0.2, -0.15) is 79.0 Å². The molecule has 0 N–H and O–H groups in total. The van der Waals surface area contributed by atoms with E-state index < -0.39 is 104 Å². The van der Waals surface area contributed by atoms with Crippen molar-refractivity contribution >= 4 is 0 Å². The summed E-state index contributed by atoms with van der Waals surface area (Å²) in [5.74, 6) is -51.6. The van der Waals surface area contributed by atoms with Gasteiger partial charge in [-0.1, -0.05) is 32.1 Å². The summed E-state index contributed by atoms with van der Waals surface area (Å²) in [4.78, 5) is 0. The molecule has 2 rings (SSSR count). The van der Waals surface area contributed by atoms with E-state index in [0.717, 1.165) is 0 Å². The third-order valence-electron chi connectivity index (χ3n) is 7.10. The van der Waals surface area contributed by atoms with Crippen LogP contribution < -0.4 is 0 Å². The Kier molecular flexibility index (Phi) is 7.20. The molecule has 2 aliphatic carbocycles. The molecule has 0 aromatic heterocycles. The van der Waals surface area contributed by atoms with Crippen LogP contribution in [0.3, 0.4) is 0 Å². The quantitative estimate of drug-likeness (QED) is 0.278. The molecular formula is C18H16F18. The topological polar surface area (TPSA) is 0 Å². The molecule has 2 aliphatic rings. The number of fused-ring (bicyclic) bond motifs is 1. The monoisotopic (exact) mass is 574 g/mol. The molecule has 2 saturated carbocycles. The molecular weight excluding hydrogens is 558 g/mol. The van der Waals surface area contributed by atoms with Gasteiger partial charge >= 0.3 is 47.9 Å². The number of hydrogen-bond donors (Lipinski definition) is 0. The molecule has 0 bridgehead atoms. The second-order valence-electron chi connectivity index (χ2n) is 8.96. The van der Waals surface area contributed by atoms with E-state index in [0.29, 0.717) is 0 Å². The molecule has 2 fully saturated rings. The Morgan fingerprint density at radius 3 is 1.11 bits per heavy atom. The van der Waals surface area contributed by atoms with Crippen LogP contribution in [0.1, 0.15) is 44.9 Å². The number of alkyl halides is 18. The third-order valence-corrected chi connectivity index (χ3v) is 7.10. The first-order chi connectivity index (χ1) is 15.7. The lowest BCUT2D eigenvalue weighted by atomic mass is 9.50. The van der Waals surface area contributed by atoms with E-state index in [2.05, 4.69) is 0 Å². The van der Waals surface area contributed by atoms with E-state index in [1.807, 2.05) is 0 Å². The molecule has 0 spiro atoms. The van der Waals surface area contributed by atoms with Crippen LogP contribution in [0.5, 0.6) is 0 Å². The second-order valence-corrected chi connectivity index (χ2v) is 8.96. The van der Waals surface area contributed by atoms with Crippen molar-refractivity contribution in [3.05, 3.63) is 0 Å². The molecule has 0 nitrogen and oxygen atoms in total. The fourth-order valence-corrected chi connectivity index (χ4v) is 5.32. The summed E-state index contributed by atoms with van der Waals surface area (Å²) in [6.45, 7) is 0. The molecule has 0 aromatic rings. The Hall–Kier alpha value is -1.26. The van der Waals surface area contributed by atoms with Crippen LogP contribution in [0.25, 0.3) is 0 Å². The maximum Gasteiger partial charge on any atom is 0.460 e. The van der Waals surface area contributed by atoms with Gasteiger partial charge < -0.3 is 0 Å². The van der Waals surface area contributed by atoms with Crippen molar-refractivity contribution in [1.29, 1.82) is 0 Å². The van der Waals surface area contributed by atoms with Gasteiger partial charge in [-0.15, -0.1) is 0 Å². The average Bonchev–Trinajstić information content (AvgIpc) is 2.70. The zero-order valence-corrected chi connectivity index (χ0v) is 17.4. The zero-order chi connectivity index (χ0) is 28.6. The smallest absolute Gasteiger partial charge is 0.199 e. The highest BCUT2D eigenvalue weighted by atomic mass is 19.4. The van der Waals surface area contributed by atoms with Crippen LogP contribution >= 0.6 is 0 Å². The standard InChI is InChI=1S/C18H16F18/c19-11(20,13(23,24)15(27,28)17(31,32)33)10(7-3-5-8-4-1-2-6-9(8)10)12(21,22)14(25,26)16(29,30)18(34,35)36/h8-9H,1-7H2. The van der Waals surface area contributed by atoms with Crippen LogP contribution in [0, 0.1) is 17.3 Å². The van der Waals surface area contributed by atoms with E-state index in [1.54, 1.807) is 0 Å². The van der Waals surface area contributed by atoms with E-state index in [1.165, 1.54) is 0 Å². The Bertz CT molecular complexity index is 752. The molecule has 36 heavy (non-hydrogen) atoms. The predicted molar refractivity (Wildman–Crippen MR) is 83.5 cm³/mol. The van der Waals surface area contributed by atoms with E-state index >= 15 is 17.6 Å². The Balaban J connectivity index is 2.97. The molecule has 0 heterocycles. The fourth-order valence-electron chi connectivity index (χ4n) is 5.32. The lowest BCUT2D eigenvalue weighted by molar-refractivity contribution is -0.468. The van der Waals surface area contributed by atoms with E-state index in [9.17, 15) is 61.5 Å². The van der Waals surface area contributed by atoms with Crippen molar-refractivity contribution in [1.82, 2.24) is 0 Å². The molecule has 214 valence electrons. The van der Waals surface area contributed by atoms with Crippen LogP contribution in [-0.4, -0.2) is 47.9 Å². The van der Waals surface area contributed by atoms with Crippen molar-refractivity contribution in [3.8, 4) is 0 Å². The summed E-state index contributed by atoms with van der Waals surface area (Å²) >= 11 is 0. The lowest BCUT2D eigenvalue weighted by Crippen LogP contribution is -2.77. The SMILES string of the molecule is FC(F)(F)C(F)(F)C(F)(F)C(F)(F)C1(C(F)(F)C(F)(F)C(F)(F)C(F)(F)F)CCCC2CCCCC21. The minimum atomic E-state index is -7.97. The largest absolute Gasteiger partial charge is 0.460 e. The summed E-state index contributed by atoms with van der Waals surface area (Å²) in [5.41, 5.74) is -5.85. The van der Waals surface area contributed by atoms with Gasteiger partial charge in [-0.05, 0) is 24.7 Å². The highest BCUT2D eigenvalue weighted by Gasteiger charge is 2.95. The minimum absolute atomic E-state index is 0.0708. The van der Waals surface area contributed by atoms with Gasteiger partial charge in [0, 0.05) is 0 Å². The van der Waals surface area contributed by atoms with Crippen LogP contribution in [0.15, 0.2) is 0 Å². The highest BCUT2D eigenvalue weighted by Crippen LogP contribution is 2.73. The molecule has 0 saturated heterocycles. The van der Waals surface area contributed by atoms with E-state index in [-0.39, 0.29) is 6.42 Å². The van der Waals surface area contributed by atoms with Crippen LogP contribution in [0.2, 0.25) is 0 Å². The summed E-state index contributed by atoms with van der Waals surface area (Å²) in [7, 11) is 0. The average molecular weight is 574 g/mol. The first-order valence-corrected chi connectivity index (χ1v) is 10.1. The highest BCUT2D eigenvalue weighted by molar-refractivity contribution is 5.21. The van der Waals surface area contributed by atoms with Gasteiger partial charge in [0.25, 0.3) is 0 Å². The number of halogens is 18. The van der Waals surface area contributed by atoms with Crippen molar-refractivity contribution in [2.75, 3.05) is 0 Å². The summed E-state index contributed by atoms with van der Waals surface area (Å²) < 4.78 is 248. The van der Waals surface area contributed by atoms with Gasteiger partial charge in [0.1, 0.15) is 5.41 Å². The second kappa shape index (κ2) is 8.37. The van der Waals surface area contributed by atoms with Crippen molar-refractivity contribution in [2.24, 2.45) is 17.3 Å². The summed E-state index contributed by atoms with van der Waals surface area (Å²) in [5, 5.41) is 0. The molecule has 2 unspecified atom stereocenters. The van der Waals surface area contributed by atoms with Gasteiger partial charge in [0.2, 0.25) is 0 Å². The molecule has 18 heteroatoms. The van der Waals surface area contributed by atoms with Crippen LogP contribution in [0.4, 0.5) is 79.0 Å². The lowest BCUT2D eigenvalue weighted by Gasteiger charge is -2.59. The molecule has 0 aromatic carbocycles. The number of rotatable bonds is 6. The van der Waals surface area contributed by atoms with Crippen molar-refractivity contribution in [2.45, 2.75) is 92.8 Å². The minimum Gasteiger partial charge on any atom is -0.199 e. The van der Waals surface area contributed by atoms with Gasteiger partial charge in [-0.3, -0.25) is 0 Å². The van der Waals surface area contributed by atoms with Crippen molar-refractivity contribution < 1.29 is 79.0 Å². The summed E-state index contributed by atoms with van der Waals surface area (Å²) in [6.07, 6.45) is -21.8. The normalized spacial score (nSPS) is 25.5. The van der Waals surface area contributed by atoms with Crippen LogP contribution in [-0.2, 0) is 0 Å². The first-order valence-electron chi connectivity index (χ1n) is 10.1.